The van der Waals surface area contributed by atoms with Gasteiger partial charge >= 0.3 is 141 Å². The Balaban J connectivity index is 0.000000154. The molecule has 0 radical (unpaired) electrons. The van der Waals surface area contributed by atoms with Crippen molar-refractivity contribution < 1.29 is 98.8 Å². The van der Waals surface area contributed by atoms with Crippen molar-refractivity contribution in [2.75, 3.05) is 12.3 Å². The van der Waals surface area contributed by atoms with E-state index < -0.39 is 141 Å². The Hall–Kier alpha value is 1.49. The molecule has 12 aliphatic heterocycles. The average Bonchev–Trinajstić information content (AvgIpc) is 2.98. The quantitative estimate of drug-likeness (QED) is 0.316. The van der Waals surface area contributed by atoms with Crippen molar-refractivity contribution >= 4 is 152 Å². The monoisotopic (exact) mass is 1190 g/mol. The molecule has 16 bridgehead atoms. The molecule has 12 heterocycles. The molecule has 65 heavy (non-hydrogen) atoms. The van der Waals surface area contributed by atoms with Gasteiger partial charge in [-0.1, -0.05) is 12.1 Å². The molecule has 0 unspecified atom stereocenters. The summed E-state index contributed by atoms with van der Waals surface area (Å²) in [5, 5.41) is 0.626. The maximum Gasteiger partial charge on any atom is 0.515 e. The Labute approximate surface area is 394 Å². The van der Waals surface area contributed by atoms with Crippen molar-refractivity contribution in [3.05, 3.63) is 24.3 Å². The van der Waals surface area contributed by atoms with Crippen LogP contribution in [0.25, 0.3) is 0 Å². The summed E-state index contributed by atoms with van der Waals surface area (Å²) >= 11 is 0. The number of anilines is 1. The molecule has 26 nitrogen and oxygen atoms in total. The fourth-order valence-corrected chi connectivity index (χ4v) is 101. The number of benzene rings is 1. The summed E-state index contributed by atoms with van der Waals surface area (Å²) in [5.41, 5.74) is 12.3. The van der Waals surface area contributed by atoms with Gasteiger partial charge in [0, 0.05) is 109 Å². The van der Waals surface area contributed by atoms with Gasteiger partial charge in [0.15, 0.2) is 0 Å². The Morgan fingerprint density at radius 3 is 0.723 bits per heavy atom. The lowest BCUT2D eigenvalue weighted by atomic mass is 10.3. The van der Waals surface area contributed by atoms with Gasteiger partial charge in [-0.2, -0.15) is 0 Å². The van der Waals surface area contributed by atoms with Crippen molar-refractivity contribution in [2.24, 2.45) is 5.73 Å². The van der Waals surface area contributed by atoms with Crippen molar-refractivity contribution in [3.63, 3.8) is 0 Å². The van der Waals surface area contributed by atoms with Gasteiger partial charge in [0.1, 0.15) is 0 Å². The first kappa shape index (κ1) is 50.0. The van der Waals surface area contributed by atoms with Gasteiger partial charge in [-0.05, 0) is 25.1 Å². The van der Waals surface area contributed by atoms with Crippen LogP contribution in [0.15, 0.2) is 24.3 Å². The van der Waals surface area contributed by atoms with Gasteiger partial charge in [-0.3, -0.25) is 0 Å². The van der Waals surface area contributed by atoms with E-state index in [-0.39, 0.29) is 0 Å². The summed E-state index contributed by atoms with van der Waals surface area (Å²) in [7, 11) is -56.6. The summed E-state index contributed by atoms with van der Waals surface area (Å²) in [4.78, 5) is 0. The molecule has 12 fully saturated rings. The van der Waals surface area contributed by atoms with Gasteiger partial charge in [0.05, 0.1) is 0 Å². The van der Waals surface area contributed by atoms with Crippen LogP contribution in [0, 0.1) is 0 Å². The van der Waals surface area contributed by atoms with Crippen molar-refractivity contribution in [1.82, 2.24) is 0 Å². The number of rotatable bonds is 4. The highest BCUT2D eigenvalue weighted by Crippen LogP contribution is 2.51. The van der Waals surface area contributed by atoms with Crippen LogP contribution in [0.2, 0.25) is 97.7 Å². The fourth-order valence-electron chi connectivity index (χ4n) is 9.98. The first-order valence-corrected chi connectivity index (χ1v) is 55.7. The molecule has 0 saturated carbocycles. The lowest BCUT2D eigenvalue weighted by Crippen LogP contribution is -2.87. The second-order valence-electron chi connectivity index (χ2n) is 18.3. The highest BCUT2D eigenvalue weighted by Gasteiger charge is 2.81. The largest absolute Gasteiger partial charge is 0.515 e. The lowest BCUT2D eigenvalue weighted by molar-refractivity contribution is -0.0233. The number of nitrogen functional groups attached to an aromatic ring is 1. The van der Waals surface area contributed by atoms with E-state index in [1.807, 2.05) is 0 Å². The van der Waals surface area contributed by atoms with Gasteiger partial charge in [-0.25, -0.2) is 0 Å². The standard InChI is InChI=1S/C13H27NO12Si8.C10H29NO12Si8/c1-27-15-28(2)18-31(5)20-29(3,16-27)22-33(7)23-30(4,17-27)21-32(6,19-28)25-34(24-31,26-33)13-10-8-12(14)9-11-13;1-24-12-25(2)15-28(5)17-26(3,13-24)19-30(7)20-27(4,14-24)18-29(6,16-25)22-31(21-28,23-30)10-8-9-11/h8-11H,14H2,1-7H3;8-11H2,1-7H3. The van der Waals surface area contributed by atoms with Crippen LogP contribution in [0.3, 0.4) is 0 Å². The molecule has 0 aliphatic carbocycles. The van der Waals surface area contributed by atoms with E-state index in [9.17, 15) is 0 Å². The predicted molar refractivity (Wildman–Crippen MR) is 249 cm³/mol. The van der Waals surface area contributed by atoms with Gasteiger partial charge in [-0.15, -0.1) is 0 Å². The minimum atomic E-state index is -3.90. The number of hydrogen-bond acceptors (Lipinski definition) is 26. The zero-order valence-corrected chi connectivity index (χ0v) is 54.4. The van der Waals surface area contributed by atoms with Crippen LogP contribution in [-0.4, -0.2) is 147 Å². The van der Waals surface area contributed by atoms with E-state index in [1.165, 1.54) is 0 Å². The molecule has 0 aromatic heterocycles. The third-order valence-corrected chi connectivity index (χ3v) is 81.9. The Kier molecular flexibility index (Phi) is 11.6. The third kappa shape index (κ3) is 9.52. The lowest BCUT2D eigenvalue weighted by Gasteiger charge is -2.60. The first-order chi connectivity index (χ1) is 29.5. The van der Waals surface area contributed by atoms with Crippen LogP contribution in [0.4, 0.5) is 5.69 Å². The van der Waals surface area contributed by atoms with E-state index in [0.29, 0.717) is 29.9 Å². The van der Waals surface area contributed by atoms with Gasteiger partial charge in [0.2, 0.25) is 0 Å². The molecule has 4 N–H and O–H groups in total. The Morgan fingerprint density at radius 1 is 0.308 bits per heavy atom. The molecule has 0 spiro atoms. The van der Waals surface area contributed by atoms with E-state index >= 15 is 0 Å². The normalized spacial score (nSPS) is 58.4. The molecular weight excluding hydrogens is 1140 g/mol. The van der Waals surface area contributed by atoms with Crippen LogP contribution < -0.4 is 16.7 Å². The average molecular weight is 1190 g/mol. The molecule has 366 valence electrons. The summed E-state index contributed by atoms with van der Waals surface area (Å²) in [6.45, 7) is 24.9. The second kappa shape index (κ2) is 15.1. The zero-order valence-electron chi connectivity index (χ0n) is 38.4. The molecule has 13 rings (SSSR count). The summed E-state index contributed by atoms with van der Waals surface area (Å²) < 4.78 is 158. The van der Waals surface area contributed by atoms with E-state index in [1.54, 1.807) is 116 Å². The maximum absolute atomic E-state index is 6.78. The minimum absolute atomic E-state index is 0.410. The zero-order chi connectivity index (χ0) is 47.1. The SMILES string of the molecule is C[Si]12O[Si]3(C)O[Si]4(C)O[Si](C)(O1)O[Si]1(C)O[Si](C)(O2)O[Si](C)(O3)O[Si](CCCN)(O4)O1.C[Si]12O[Si]3(C)O[Si]4(C)O[Si](C)(O1)O[Si]1(C)O[Si](C)(O2)O[Si](C)(O3)O[Si](c2ccc(N)cc2)(O4)O1. The number of nitrogens with two attached hydrogens (primary N) is 2. The summed E-state index contributed by atoms with van der Waals surface area (Å²) in [6.07, 6.45) is 0.595. The molecule has 0 amide bonds. The number of hydrogen-bond donors (Lipinski definition) is 2. The van der Waals surface area contributed by atoms with Crippen molar-refractivity contribution in [1.29, 1.82) is 0 Å². The Bertz CT molecular complexity index is 1910. The molecule has 0 atom stereocenters. The van der Waals surface area contributed by atoms with Crippen LogP contribution in [0.1, 0.15) is 6.42 Å². The topological polar surface area (TPSA) is 274 Å². The first-order valence-electron chi connectivity index (χ1n) is 20.9. The predicted octanol–water partition coefficient (Wildman–Crippen LogP) is 1.19. The van der Waals surface area contributed by atoms with Crippen LogP contribution >= 0.6 is 0 Å². The van der Waals surface area contributed by atoms with Crippen molar-refractivity contribution in [2.45, 2.75) is 104 Å². The highest BCUT2D eigenvalue weighted by atomic mass is 28.6. The smallest absolute Gasteiger partial charge is 0.399 e. The third-order valence-electron chi connectivity index (χ3n) is 10.6. The summed E-state index contributed by atoms with van der Waals surface area (Å²) in [5.74, 6) is 0. The van der Waals surface area contributed by atoms with E-state index in [2.05, 4.69) is 0 Å². The van der Waals surface area contributed by atoms with E-state index in [4.69, 9.17) is 110 Å². The highest BCUT2D eigenvalue weighted by molar-refractivity contribution is 7.05. The molecule has 1 aromatic carbocycles. The minimum Gasteiger partial charge on any atom is -0.399 e. The van der Waals surface area contributed by atoms with Gasteiger partial charge < -0.3 is 110 Å². The maximum atomic E-state index is 6.78. The fraction of sp³-hybridized carbons (Fsp3) is 0.739. The van der Waals surface area contributed by atoms with Crippen LogP contribution in [0.5, 0.6) is 0 Å². The molecular formula is C23H56N2O24Si16. The molecule has 12 aliphatic rings. The second-order valence-corrected chi connectivity index (χ2v) is 65.6. The van der Waals surface area contributed by atoms with E-state index in [0.717, 1.165) is 0 Å². The van der Waals surface area contributed by atoms with Gasteiger partial charge in [0.25, 0.3) is 0 Å². The molecule has 42 heteroatoms. The Morgan fingerprint density at radius 2 is 0.508 bits per heavy atom. The molecule has 1 aromatic rings. The summed E-state index contributed by atoms with van der Waals surface area (Å²) in [6, 6.07) is 7.48. The van der Waals surface area contributed by atoms with Crippen LogP contribution in [-0.2, 0) is 98.8 Å². The van der Waals surface area contributed by atoms with Crippen molar-refractivity contribution in [3.8, 4) is 0 Å². The molecule has 12 saturated heterocycles.